The third kappa shape index (κ3) is 6.40. The fourth-order valence-electron chi connectivity index (χ4n) is 4.97. The molecule has 6 nitrogen and oxygen atoms in total. The van der Waals surface area contributed by atoms with Crippen LogP contribution in [0, 0.1) is 17.6 Å². The van der Waals surface area contributed by atoms with Crippen molar-refractivity contribution in [3.05, 3.63) is 65.7 Å². The number of nitrogens with zero attached hydrogens (tertiary/aromatic N) is 1. The first-order valence-electron chi connectivity index (χ1n) is 11.9. The maximum absolute atomic E-state index is 13.4. The highest BCUT2D eigenvalue weighted by atomic mass is 32.2. The summed E-state index contributed by atoms with van der Waals surface area (Å²) in [5, 5.41) is 3.17. The molecule has 9 heteroatoms. The minimum Gasteiger partial charge on any atom is -0.348 e. The maximum Gasteiger partial charge on any atom is 0.240 e. The summed E-state index contributed by atoms with van der Waals surface area (Å²) in [6.07, 6.45) is 5.53. The summed E-state index contributed by atoms with van der Waals surface area (Å²) >= 11 is 0. The number of carbonyl (C=O) groups excluding carboxylic acids is 1. The number of rotatable bonds is 8. The smallest absolute Gasteiger partial charge is 0.240 e. The van der Waals surface area contributed by atoms with E-state index in [1.165, 1.54) is 24.3 Å². The lowest BCUT2D eigenvalue weighted by atomic mass is 9.91. The second kappa shape index (κ2) is 10.9. The zero-order chi connectivity index (χ0) is 24.1. The molecule has 0 aromatic heterocycles. The SMILES string of the molecule is O=C(CN1CCC(NS(=O)(=O)c2ccc(F)cc2)CC1)NC(c1ccc(F)cc1)C1CCCC1. The van der Waals surface area contributed by atoms with Crippen molar-refractivity contribution in [2.75, 3.05) is 19.6 Å². The van der Waals surface area contributed by atoms with Crippen LogP contribution in [0.1, 0.15) is 50.1 Å². The highest BCUT2D eigenvalue weighted by molar-refractivity contribution is 7.89. The molecular formula is C25H31F2N3O3S. The van der Waals surface area contributed by atoms with E-state index in [4.69, 9.17) is 0 Å². The predicted octanol–water partition coefficient (Wildman–Crippen LogP) is 3.76. The Labute approximate surface area is 199 Å². The maximum atomic E-state index is 13.4. The topological polar surface area (TPSA) is 78.5 Å². The Morgan fingerprint density at radius 3 is 2.06 bits per heavy atom. The second-order valence-corrected chi connectivity index (χ2v) is 11.0. The first-order valence-corrected chi connectivity index (χ1v) is 13.3. The summed E-state index contributed by atoms with van der Waals surface area (Å²) in [7, 11) is -3.72. The summed E-state index contributed by atoms with van der Waals surface area (Å²) < 4.78 is 54.3. The molecule has 0 spiro atoms. The van der Waals surface area contributed by atoms with Crippen LogP contribution in [0.15, 0.2) is 53.4 Å². The van der Waals surface area contributed by atoms with E-state index in [-0.39, 0.29) is 35.2 Å². The van der Waals surface area contributed by atoms with Crippen LogP contribution in [-0.2, 0) is 14.8 Å². The molecular weight excluding hydrogens is 460 g/mol. The molecule has 1 saturated carbocycles. The van der Waals surface area contributed by atoms with Gasteiger partial charge in [-0.3, -0.25) is 9.69 Å². The van der Waals surface area contributed by atoms with Gasteiger partial charge in [0.25, 0.3) is 0 Å². The van der Waals surface area contributed by atoms with Crippen molar-refractivity contribution in [2.45, 2.75) is 55.5 Å². The first kappa shape index (κ1) is 24.8. The molecule has 1 aliphatic carbocycles. The molecule has 4 rings (SSSR count). The molecule has 0 radical (unpaired) electrons. The van der Waals surface area contributed by atoms with Crippen LogP contribution in [0.5, 0.6) is 0 Å². The molecule has 1 atom stereocenters. The number of carbonyl (C=O) groups is 1. The Balaban J connectivity index is 1.29. The van der Waals surface area contributed by atoms with Gasteiger partial charge in [0.1, 0.15) is 11.6 Å². The van der Waals surface area contributed by atoms with Gasteiger partial charge in [-0.2, -0.15) is 0 Å². The normalized spacial score (nSPS) is 19.2. The van der Waals surface area contributed by atoms with E-state index in [9.17, 15) is 22.0 Å². The molecule has 34 heavy (non-hydrogen) atoms. The van der Waals surface area contributed by atoms with Crippen molar-refractivity contribution >= 4 is 15.9 Å². The minimum absolute atomic E-state index is 0.0365. The van der Waals surface area contributed by atoms with Gasteiger partial charge in [-0.1, -0.05) is 25.0 Å². The van der Waals surface area contributed by atoms with E-state index >= 15 is 0 Å². The molecule has 1 amide bonds. The van der Waals surface area contributed by atoms with Crippen LogP contribution in [0.2, 0.25) is 0 Å². The highest BCUT2D eigenvalue weighted by Crippen LogP contribution is 2.35. The number of hydrogen-bond acceptors (Lipinski definition) is 4. The summed E-state index contributed by atoms with van der Waals surface area (Å²) in [5.41, 5.74) is 0.926. The molecule has 1 aliphatic heterocycles. The monoisotopic (exact) mass is 491 g/mol. The Kier molecular flexibility index (Phi) is 7.95. The fraction of sp³-hybridized carbons (Fsp3) is 0.480. The molecule has 1 unspecified atom stereocenters. The van der Waals surface area contributed by atoms with Crippen molar-refractivity contribution in [3.8, 4) is 0 Å². The number of hydrogen-bond donors (Lipinski definition) is 2. The van der Waals surface area contributed by atoms with Gasteiger partial charge in [0.05, 0.1) is 17.5 Å². The molecule has 0 bridgehead atoms. The molecule has 1 heterocycles. The van der Waals surface area contributed by atoms with E-state index in [1.54, 1.807) is 12.1 Å². The van der Waals surface area contributed by atoms with Crippen LogP contribution in [0.25, 0.3) is 0 Å². The molecule has 184 valence electrons. The van der Waals surface area contributed by atoms with E-state index in [0.717, 1.165) is 43.4 Å². The lowest BCUT2D eigenvalue weighted by molar-refractivity contribution is -0.123. The van der Waals surface area contributed by atoms with Gasteiger partial charge in [-0.15, -0.1) is 0 Å². The summed E-state index contributed by atoms with van der Waals surface area (Å²) in [6, 6.07) is 10.7. The van der Waals surface area contributed by atoms with Crippen LogP contribution in [0.3, 0.4) is 0 Å². The molecule has 1 saturated heterocycles. The lowest BCUT2D eigenvalue weighted by Crippen LogP contribution is -2.48. The predicted molar refractivity (Wildman–Crippen MR) is 125 cm³/mol. The Bertz CT molecular complexity index is 1060. The summed E-state index contributed by atoms with van der Waals surface area (Å²) in [4.78, 5) is 14.9. The van der Waals surface area contributed by atoms with E-state index in [2.05, 4.69) is 10.0 Å². The van der Waals surface area contributed by atoms with Crippen molar-refractivity contribution < 1.29 is 22.0 Å². The third-order valence-electron chi connectivity index (χ3n) is 6.82. The zero-order valence-corrected chi connectivity index (χ0v) is 19.9. The Hall–Kier alpha value is -2.36. The number of benzene rings is 2. The number of amides is 1. The quantitative estimate of drug-likeness (QED) is 0.590. The molecule has 2 N–H and O–H groups in total. The molecule has 2 aromatic carbocycles. The molecule has 2 aromatic rings. The Morgan fingerprint density at radius 2 is 1.47 bits per heavy atom. The number of piperidine rings is 1. The highest BCUT2D eigenvalue weighted by Gasteiger charge is 2.29. The largest absolute Gasteiger partial charge is 0.348 e. The van der Waals surface area contributed by atoms with Crippen molar-refractivity contribution in [1.29, 1.82) is 0 Å². The first-order chi connectivity index (χ1) is 16.3. The van der Waals surface area contributed by atoms with Gasteiger partial charge in [0.15, 0.2) is 0 Å². The van der Waals surface area contributed by atoms with E-state index < -0.39 is 15.8 Å². The van der Waals surface area contributed by atoms with E-state index in [1.807, 2.05) is 4.90 Å². The van der Waals surface area contributed by atoms with Gasteiger partial charge >= 0.3 is 0 Å². The van der Waals surface area contributed by atoms with Crippen LogP contribution < -0.4 is 10.0 Å². The average Bonchev–Trinajstić information content (AvgIpc) is 3.34. The van der Waals surface area contributed by atoms with Crippen molar-refractivity contribution in [1.82, 2.24) is 14.9 Å². The number of sulfonamides is 1. The van der Waals surface area contributed by atoms with Crippen molar-refractivity contribution in [3.63, 3.8) is 0 Å². The summed E-state index contributed by atoms with van der Waals surface area (Å²) in [6.45, 7) is 1.42. The Morgan fingerprint density at radius 1 is 0.912 bits per heavy atom. The van der Waals surface area contributed by atoms with Crippen LogP contribution >= 0.6 is 0 Å². The van der Waals surface area contributed by atoms with Gasteiger partial charge < -0.3 is 5.32 Å². The molecule has 2 fully saturated rings. The van der Waals surface area contributed by atoms with Gasteiger partial charge in [-0.05, 0) is 73.6 Å². The number of halogens is 2. The van der Waals surface area contributed by atoms with Crippen molar-refractivity contribution in [2.24, 2.45) is 5.92 Å². The number of nitrogens with one attached hydrogen (secondary N) is 2. The van der Waals surface area contributed by atoms with Gasteiger partial charge in [0.2, 0.25) is 15.9 Å². The zero-order valence-electron chi connectivity index (χ0n) is 19.1. The van der Waals surface area contributed by atoms with Crippen LogP contribution in [0.4, 0.5) is 8.78 Å². The van der Waals surface area contributed by atoms with E-state index in [0.29, 0.717) is 31.8 Å². The van der Waals surface area contributed by atoms with Gasteiger partial charge in [0, 0.05) is 19.1 Å². The second-order valence-electron chi connectivity index (χ2n) is 9.27. The lowest BCUT2D eigenvalue weighted by Gasteiger charge is -2.32. The fourth-order valence-corrected chi connectivity index (χ4v) is 6.27. The third-order valence-corrected chi connectivity index (χ3v) is 8.35. The van der Waals surface area contributed by atoms with Gasteiger partial charge in [-0.25, -0.2) is 21.9 Å². The average molecular weight is 492 g/mol. The minimum atomic E-state index is -3.72. The standard InChI is InChI=1S/C25H31F2N3O3S/c26-20-7-5-19(6-8-20)25(18-3-1-2-4-18)28-24(31)17-30-15-13-22(14-16-30)29-34(32,33)23-11-9-21(27)10-12-23/h5-12,18,22,25,29H,1-4,13-17H2,(H,28,31). The number of likely N-dealkylation sites (tertiary alicyclic amines) is 1. The summed E-state index contributed by atoms with van der Waals surface area (Å²) in [5.74, 6) is -0.508. The molecule has 2 aliphatic rings. The van der Waals surface area contributed by atoms with Crippen LogP contribution in [-0.4, -0.2) is 44.9 Å².